The van der Waals surface area contributed by atoms with Gasteiger partial charge in [-0.1, -0.05) is 250 Å². The van der Waals surface area contributed by atoms with Gasteiger partial charge in [-0.3, -0.25) is 18.6 Å². The van der Waals surface area contributed by atoms with Crippen LogP contribution in [0.4, 0.5) is 0 Å². The minimum absolute atomic E-state index is 0.0192. The fourth-order valence-electron chi connectivity index (χ4n) is 7.78. The Kier molecular flexibility index (Phi) is 54.0. The fraction of sp³-hybridized carbons (Fsp3) is 0.642. The third-order valence-electron chi connectivity index (χ3n) is 12.4. The van der Waals surface area contributed by atoms with E-state index in [9.17, 15) is 19.0 Å². The van der Waals surface area contributed by atoms with Crippen LogP contribution in [-0.2, 0) is 32.7 Å². The summed E-state index contributed by atoms with van der Waals surface area (Å²) >= 11 is 0. The number of hydrogen-bond donors (Lipinski definition) is 1. The van der Waals surface area contributed by atoms with E-state index in [-0.39, 0.29) is 32.0 Å². The maximum absolute atomic E-state index is 12.8. The quantitative estimate of drug-likeness (QED) is 0.0211. The van der Waals surface area contributed by atoms with E-state index in [4.69, 9.17) is 18.5 Å². The number of carbonyl (C=O) groups excluding carboxylic acids is 2. The highest BCUT2D eigenvalue weighted by Crippen LogP contribution is 2.43. The molecule has 9 nitrogen and oxygen atoms in total. The molecule has 0 saturated carbocycles. The predicted molar refractivity (Wildman–Crippen MR) is 330 cm³/mol. The standard InChI is InChI=1S/C67H112NO8P/c1-6-8-10-12-14-16-18-20-22-24-25-26-27-28-29-30-31-32-33-34-35-36-37-38-39-40-41-42-43-44-46-48-50-52-54-56-58-60-67(70)76-65(64-75-77(71,72)74-62-61-68(3,4)5)63-73-66(69)59-57-55-53-51-49-47-45-23-21-19-17-15-13-11-9-7-2/h8,10,14,16,20,22,25-26,28-29,31-32,34-35,37-38,40-41,43-44,48,50,65H,6-7,9,11-13,15,17-19,21,23-24,27,30,33,36,39,42,45-47,49,51-64H2,1-5H3/p+1/b10-8-,16-14-,22-20-,26-25-,29-28-,32-31-,35-34-,38-37-,41-40-,44-43-,50-48-. The molecular formula is C67H113NO8P+. The summed E-state index contributed by atoms with van der Waals surface area (Å²) in [5, 5.41) is 0. The second-order valence-corrected chi connectivity index (χ2v) is 22.5. The SMILES string of the molecule is CC/C=C\C/C=C\C/C=C\C/C=C\C/C=C\C/C=C\C/C=C\C/C=C\C/C=C\C/C=C\C/C=C\CCCCCC(=O)OC(COC(=O)CCCCCCCCCCCCCCCCCC)COP(=O)(O)OCC[N+](C)(C)C. The zero-order valence-corrected chi connectivity index (χ0v) is 50.5. The van der Waals surface area contributed by atoms with Crippen molar-refractivity contribution >= 4 is 19.8 Å². The van der Waals surface area contributed by atoms with E-state index < -0.39 is 26.5 Å². The first-order chi connectivity index (χ1) is 37.5. The number of esters is 2. The summed E-state index contributed by atoms with van der Waals surface area (Å²) in [7, 11) is 1.44. The molecule has 2 atom stereocenters. The molecule has 0 aliphatic heterocycles. The largest absolute Gasteiger partial charge is 0.472 e. The van der Waals surface area contributed by atoms with Crippen molar-refractivity contribution in [3.05, 3.63) is 134 Å². The fourth-order valence-corrected chi connectivity index (χ4v) is 8.53. The molecule has 77 heavy (non-hydrogen) atoms. The Morgan fingerprint density at radius 2 is 0.740 bits per heavy atom. The van der Waals surface area contributed by atoms with Crippen molar-refractivity contribution in [1.29, 1.82) is 0 Å². The van der Waals surface area contributed by atoms with Gasteiger partial charge < -0.3 is 18.9 Å². The summed E-state index contributed by atoms with van der Waals surface area (Å²) in [5.74, 6) is -0.840. The molecule has 0 aromatic carbocycles. The molecule has 0 aliphatic carbocycles. The van der Waals surface area contributed by atoms with E-state index in [1.54, 1.807) is 0 Å². The van der Waals surface area contributed by atoms with E-state index in [2.05, 4.69) is 148 Å². The molecular weight excluding hydrogens is 978 g/mol. The number of quaternary nitrogens is 1. The molecule has 0 bridgehead atoms. The maximum atomic E-state index is 12.8. The number of hydrogen-bond acceptors (Lipinski definition) is 7. The second kappa shape index (κ2) is 56.9. The highest BCUT2D eigenvalue weighted by atomic mass is 31.2. The first-order valence-corrected chi connectivity index (χ1v) is 31.9. The minimum Gasteiger partial charge on any atom is -0.462 e. The van der Waals surface area contributed by atoms with Gasteiger partial charge in [-0.15, -0.1) is 0 Å². The molecule has 1 N–H and O–H groups in total. The third kappa shape index (κ3) is 61.2. The molecule has 0 aliphatic rings. The van der Waals surface area contributed by atoms with E-state index in [0.29, 0.717) is 17.4 Å². The van der Waals surface area contributed by atoms with Crippen LogP contribution in [0.5, 0.6) is 0 Å². The number of nitrogens with zero attached hydrogens (tertiary/aromatic N) is 1. The molecule has 0 radical (unpaired) electrons. The van der Waals surface area contributed by atoms with Crippen LogP contribution in [-0.4, -0.2) is 74.9 Å². The van der Waals surface area contributed by atoms with Gasteiger partial charge in [-0.05, 0) is 96.3 Å². The molecule has 10 heteroatoms. The van der Waals surface area contributed by atoms with Crippen LogP contribution < -0.4 is 0 Å². The number of rotatable bonds is 54. The number of carbonyl (C=O) groups is 2. The highest BCUT2D eigenvalue weighted by molar-refractivity contribution is 7.47. The van der Waals surface area contributed by atoms with Crippen LogP contribution in [0, 0.1) is 0 Å². The Morgan fingerprint density at radius 1 is 0.416 bits per heavy atom. The molecule has 438 valence electrons. The lowest BCUT2D eigenvalue weighted by atomic mass is 10.0. The van der Waals surface area contributed by atoms with Gasteiger partial charge in [-0.25, -0.2) is 4.57 Å². The van der Waals surface area contributed by atoms with Crippen molar-refractivity contribution in [2.75, 3.05) is 47.5 Å². The van der Waals surface area contributed by atoms with Gasteiger partial charge in [0.1, 0.15) is 19.8 Å². The van der Waals surface area contributed by atoms with E-state index in [1.165, 1.54) is 83.5 Å². The van der Waals surface area contributed by atoms with Crippen LogP contribution in [0.3, 0.4) is 0 Å². The first kappa shape index (κ1) is 73.2. The third-order valence-corrected chi connectivity index (χ3v) is 13.4. The van der Waals surface area contributed by atoms with E-state index in [1.807, 2.05) is 21.1 Å². The highest BCUT2D eigenvalue weighted by Gasteiger charge is 2.27. The summed E-state index contributed by atoms with van der Waals surface area (Å²) < 4.78 is 34.5. The zero-order valence-electron chi connectivity index (χ0n) is 49.6. The second-order valence-electron chi connectivity index (χ2n) is 21.0. The summed E-state index contributed by atoms with van der Waals surface area (Å²) in [6.07, 6.45) is 82.4. The molecule has 0 heterocycles. The van der Waals surface area contributed by atoms with Crippen molar-refractivity contribution < 1.29 is 42.1 Å². The number of likely N-dealkylation sites (N-methyl/N-ethyl adjacent to an activating group) is 1. The molecule has 0 fully saturated rings. The van der Waals surface area contributed by atoms with Gasteiger partial charge in [0.25, 0.3) is 0 Å². The molecule has 0 aromatic rings. The normalized spacial score (nSPS) is 14.2. The molecule has 0 rings (SSSR count). The molecule has 0 aromatic heterocycles. The van der Waals surface area contributed by atoms with Gasteiger partial charge in [0.15, 0.2) is 6.10 Å². The van der Waals surface area contributed by atoms with Gasteiger partial charge in [0.05, 0.1) is 27.7 Å². The van der Waals surface area contributed by atoms with Crippen molar-refractivity contribution in [3.8, 4) is 0 Å². The average molecular weight is 1090 g/mol. The van der Waals surface area contributed by atoms with E-state index >= 15 is 0 Å². The van der Waals surface area contributed by atoms with Gasteiger partial charge >= 0.3 is 19.8 Å². The number of unbranched alkanes of at least 4 members (excludes halogenated alkanes) is 18. The molecule has 0 saturated heterocycles. The summed E-state index contributed by atoms with van der Waals surface area (Å²) in [6, 6.07) is 0. The van der Waals surface area contributed by atoms with Crippen LogP contribution in [0.25, 0.3) is 0 Å². The summed E-state index contributed by atoms with van der Waals surface area (Å²) in [4.78, 5) is 35.7. The van der Waals surface area contributed by atoms with Crippen molar-refractivity contribution in [2.45, 2.75) is 232 Å². The monoisotopic (exact) mass is 1090 g/mol. The van der Waals surface area contributed by atoms with Crippen LogP contribution in [0.1, 0.15) is 226 Å². The lowest BCUT2D eigenvalue weighted by Gasteiger charge is -2.24. The van der Waals surface area contributed by atoms with Gasteiger partial charge in [-0.2, -0.15) is 0 Å². The minimum atomic E-state index is -4.40. The van der Waals surface area contributed by atoms with Crippen LogP contribution in [0.2, 0.25) is 0 Å². The molecule has 2 unspecified atom stereocenters. The first-order valence-electron chi connectivity index (χ1n) is 30.4. The summed E-state index contributed by atoms with van der Waals surface area (Å²) in [6.45, 7) is 4.27. The zero-order chi connectivity index (χ0) is 56.3. The molecule has 0 spiro atoms. The Balaban J connectivity index is 4.23. The Morgan fingerprint density at radius 3 is 1.10 bits per heavy atom. The van der Waals surface area contributed by atoms with Crippen molar-refractivity contribution in [1.82, 2.24) is 0 Å². The number of allylic oxidation sites excluding steroid dienone is 22. The number of phosphoric acid groups is 1. The van der Waals surface area contributed by atoms with Crippen LogP contribution >= 0.6 is 7.82 Å². The van der Waals surface area contributed by atoms with Gasteiger partial charge in [0.2, 0.25) is 0 Å². The van der Waals surface area contributed by atoms with Crippen molar-refractivity contribution in [2.24, 2.45) is 0 Å². The number of ether oxygens (including phenoxy) is 2. The van der Waals surface area contributed by atoms with Crippen LogP contribution in [0.15, 0.2) is 134 Å². The average Bonchev–Trinajstić information content (AvgIpc) is 3.39. The van der Waals surface area contributed by atoms with Gasteiger partial charge in [0, 0.05) is 12.8 Å². The Bertz CT molecular complexity index is 1760. The lowest BCUT2D eigenvalue weighted by molar-refractivity contribution is -0.870. The maximum Gasteiger partial charge on any atom is 0.472 e. The van der Waals surface area contributed by atoms with E-state index in [0.717, 1.165) is 109 Å². The van der Waals surface area contributed by atoms with Crippen molar-refractivity contribution in [3.63, 3.8) is 0 Å². The Hall–Kier alpha value is -3.85. The predicted octanol–water partition coefficient (Wildman–Crippen LogP) is 19.3. The summed E-state index contributed by atoms with van der Waals surface area (Å²) in [5.41, 5.74) is 0. The molecule has 0 amide bonds. The topological polar surface area (TPSA) is 108 Å². The number of phosphoric ester groups is 1. The lowest BCUT2D eigenvalue weighted by Crippen LogP contribution is -2.37. The Labute approximate surface area is 472 Å². The smallest absolute Gasteiger partial charge is 0.462 e.